The van der Waals surface area contributed by atoms with Crippen molar-refractivity contribution in [2.45, 2.75) is 34.2 Å². The summed E-state index contributed by atoms with van der Waals surface area (Å²) < 4.78 is 0. The van der Waals surface area contributed by atoms with Gasteiger partial charge in [-0.3, -0.25) is 0 Å². The van der Waals surface area contributed by atoms with E-state index >= 15 is 0 Å². The molecule has 0 aliphatic heterocycles. The monoisotopic (exact) mass is 272 g/mol. The number of halogens is 2. The molecule has 0 aliphatic carbocycles. The summed E-state index contributed by atoms with van der Waals surface area (Å²) in [6, 6.07) is 5.61. The number of benzene rings is 1. The molecule has 1 nitrogen and oxygen atoms in total. The molecule has 0 atom stereocenters. The zero-order valence-corrected chi connectivity index (χ0v) is 12.4. The van der Waals surface area contributed by atoms with Crippen LogP contribution in [0.4, 0.5) is 0 Å². The topological polar surface area (TPSA) is 12.0 Å². The van der Waals surface area contributed by atoms with Crippen molar-refractivity contribution < 1.29 is 0 Å². The van der Waals surface area contributed by atoms with Crippen LogP contribution in [0.5, 0.6) is 0 Å². The molecule has 1 rings (SSSR count). The summed E-state index contributed by atoms with van der Waals surface area (Å²) >= 11 is 12.0. The van der Waals surface area contributed by atoms with Crippen LogP contribution in [0, 0.1) is 11.3 Å². The van der Waals surface area contributed by atoms with Crippen molar-refractivity contribution in [3.63, 3.8) is 0 Å². The third-order valence-corrected chi connectivity index (χ3v) is 3.59. The minimum atomic E-state index is 0.247. The molecule has 0 spiro atoms. The first-order valence-corrected chi connectivity index (χ1v) is 6.54. The zero-order valence-electron chi connectivity index (χ0n) is 10.9. The maximum Gasteiger partial charge on any atom is 0.0465 e. The molecule has 95 valence electrons. The lowest BCUT2D eigenvalue weighted by Crippen LogP contribution is -2.27. The fourth-order valence-corrected chi connectivity index (χ4v) is 1.79. The number of rotatable bonds is 4. The van der Waals surface area contributed by atoms with Gasteiger partial charge in [0.05, 0.1) is 0 Å². The summed E-state index contributed by atoms with van der Waals surface area (Å²) in [5, 5.41) is 4.80. The quantitative estimate of drug-likeness (QED) is 0.836. The SMILES string of the molecule is C[C](CNCc1ccc(Cl)cc1Cl)C(C)(C)C. The molecular weight excluding hydrogens is 253 g/mol. The molecule has 0 heterocycles. The molecule has 17 heavy (non-hydrogen) atoms. The van der Waals surface area contributed by atoms with Gasteiger partial charge in [-0.25, -0.2) is 0 Å². The molecule has 3 heteroatoms. The van der Waals surface area contributed by atoms with Crippen LogP contribution in [0.2, 0.25) is 10.0 Å². The van der Waals surface area contributed by atoms with Gasteiger partial charge in [-0.1, -0.05) is 57.0 Å². The molecule has 0 unspecified atom stereocenters. The normalized spacial score (nSPS) is 12.2. The fraction of sp³-hybridized carbons (Fsp3) is 0.500. The van der Waals surface area contributed by atoms with Crippen LogP contribution in [-0.2, 0) is 6.54 Å². The molecule has 0 amide bonds. The average molecular weight is 273 g/mol. The predicted molar refractivity (Wildman–Crippen MR) is 76.5 cm³/mol. The van der Waals surface area contributed by atoms with E-state index in [9.17, 15) is 0 Å². The Bertz CT molecular complexity index is 369. The Morgan fingerprint density at radius 2 is 1.88 bits per heavy atom. The van der Waals surface area contributed by atoms with Crippen LogP contribution in [-0.4, -0.2) is 6.54 Å². The first-order valence-electron chi connectivity index (χ1n) is 5.78. The van der Waals surface area contributed by atoms with Gasteiger partial charge in [0.15, 0.2) is 0 Å². The molecule has 1 radical (unpaired) electrons. The lowest BCUT2D eigenvalue weighted by Gasteiger charge is -2.26. The van der Waals surface area contributed by atoms with E-state index in [0.717, 1.165) is 23.7 Å². The maximum atomic E-state index is 6.10. The maximum absolute atomic E-state index is 6.10. The third kappa shape index (κ3) is 4.87. The third-order valence-electron chi connectivity index (χ3n) is 3.00. The van der Waals surface area contributed by atoms with Gasteiger partial charge < -0.3 is 5.32 Å². The standard InChI is InChI=1S/C14H20Cl2N/c1-10(14(2,3)4)8-17-9-11-5-6-12(15)7-13(11)16/h5-7,17H,8-9H2,1-4H3. The van der Waals surface area contributed by atoms with Crippen molar-refractivity contribution in [1.29, 1.82) is 0 Å². The van der Waals surface area contributed by atoms with Crippen molar-refractivity contribution in [2.75, 3.05) is 6.54 Å². The molecule has 0 aromatic heterocycles. The Morgan fingerprint density at radius 1 is 1.24 bits per heavy atom. The molecule has 0 saturated carbocycles. The Balaban J connectivity index is 2.46. The van der Waals surface area contributed by atoms with Gasteiger partial charge in [0.25, 0.3) is 0 Å². The zero-order chi connectivity index (χ0) is 13.1. The Morgan fingerprint density at radius 3 is 2.41 bits per heavy atom. The van der Waals surface area contributed by atoms with Gasteiger partial charge >= 0.3 is 0 Å². The van der Waals surface area contributed by atoms with Crippen LogP contribution < -0.4 is 5.32 Å². The second-order valence-corrected chi connectivity index (χ2v) is 6.21. The molecule has 1 N–H and O–H groups in total. The Hall–Kier alpha value is -0.240. The highest BCUT2D eigenvalue weighted by Gasteiger charge is 2.19. The smallest absolute Gasteiger partial charge is 0.0465 e. The van der Waals surface area contributed by atoms with E-state index in [0.29, 0.717) is 5.02 Å². The highest BCUT2D eigenvalue weighted by atomic mass is 35.5. The largest absolute Gasteiger partial charge is 0.312 e. The number of hydrogen-bond donors (Lipinski definition) is 1. The Kier molecular flexibility index (Phi) is 5.30. The minimum Gasteiger partial charge on any atom is -0.312 e. The highest BCUT2D eigenvalue weighted by Crippen LogP contribution is 2.26. The summed E-state index contributed by atoms with van der Waals surface area (Å²) in [5.41, 5.74) is 1.33. The van der Waals surface area contributed by atoms with Crippen LogP contribution >= 0.6 is 23.2 Å². The van der Waals surface area contributed by atoms with Crippen molar-refractivity contribution in [2.24, 2.45) is 5.41 Å². The van der Waals surface area contributed by atoms with Crippen molar-refractivity contribution in [3.8, 4) is 0 Å². The van der Waals surface area contributed by atoms with E-state index in [1.54, 1.807) is 6.07 Å². The van der Waals surface area contributed by atoms with Crippen LogP contribution in [0.1, 0.15) is 33.3 Å². The fourth-order valence-electron chi connectivity index (χ4n) is 1.31. The van der Waals surface area contributed by atoms with Crippen molar-refractivity contribution in [1.82, 2.24) is 5.32 Å². The Labute approximate surface area is 115 Å². The van der Waals surface area contributed by atoms with Crippen LogP contribution in [0.3, 0.4) is 0 Å². The molecule has 0 fully saturated rings. The summed E-state index contributed by atoms with van der Waals surface area (Å²) in [4.78, 5) is 0. The summed E-state index contributed by atoms with van der Waals surface area (Å²) in [6.45, 7) is 10.5. The molecule has 0 bridgehead atoms. The lowest BCUT2D eigenvalue weighted by molar-refractivity contribution is 0.410. The van der Waals surface area contributed by atoms with Gasteiger partial charge in [-0.05, 0) is 29.0 Å². The predicted octanol–water partition coefficient (Wildman–Crippen LogP) is 4.72. The van der Waals surface area contributed by atoms with E-state index in [-0.39, 0.29) is 5.41 Å². The second-order valence-electron chi connectivity index (χ2n) is 5.37. The minimum absolute atomic E-state index is 0.247. The van der Waals surface area contributed by atoms with Crippen molar-refractivity contribution >= 4 is 23.2 Å². The van der Waals surface area contributed by atoms with E-state index in [1.807, 2.05) is 12.1 Å². The van der Waals surface area contributed by atoms with Crippen LogP contribution in [0.15, 0.2) is 18.2 Å². The van der Waals surface area contributed by atoms with Crippen molar-refractivity contribution in [3.05, 3.63) is 39.7 Å². The molecule has 0 aliphatic rings. The summed E-state index contributed by atoms with van der Waals surface area (Å²) in [5.74, 6) is 1.43. The van der Waals surface area contributed by atoms with Gasteiger partial charge in [0.1, 0.15) is 0 Å². The first-order chi connectivity index (χ1) is 7.80. The van der Waals surface area contributed by atoms with Crippen LogP contribution in [0.25, 0.3) is 0 Å². The lowest BCUT2D eigenvalue weighted by atomic mass is 9.82. The highest BCUT2D eigenvalue weighted by molar-refractivity contribution is 6.35. The number of nitrogens with one attached hydrogen (secondary N) is 1. The second kappa shape index (κ2) is 6.08. The van der Waals surface area contributed by atoms with E-state index in [2.05, 4.69) is 33.0 Å². The number of hydrogen-bond acceptors (Lipinski definition) is 1. The molecule has 1 aromatic rings. The molecular formula is C14H20Cl2N. The summed E-state index contributed by atoms with van der Waals surface area (Å²) in [7, 11) is 0. The van der Waals surface area contributed by atoms with E-state index in [1.165, 1.54) is 5.92 Å². The summed E-state index contributed by atoms with van der Waals surface area (Å²) in [6.07, 6.45) is 0. The average Bonchev–Trinajstić information content (AvgIpc) is 2.19. The van der Waals surface area contributed by atoms with E-state index in [4.69, 9.17) is 23.2 Å². The molecule has 1 aromatic carbocycles. The molecule has 0 saturated heterocycles. The van der Waals surface area contributed by atoms with Gasteiger partial charge in [0, 0.05) is 23.1 Å². The van der Waals surface area contributed by atoms with Gasteiger partial charge in [-0.15, -0.1) is 0 Å². The first kappa shape index (κ1) is 14.8. The van der Waals surface area contributed by atoms with Gasteiger partial charge in [0.2, 0.25) is 0 Å². The van der Waals surface area contributed by atoms with Gasteiger partial charge in [-0.2, -0.15) is 0 Å². The van der Waals surface area contributed by atoms with E-state index < -0.39 is 0 Å².